The van der Waals surface area contributed by atoms with E-state index in [0.717, 1.165) is 0 Å². The van der Waals surface area contributed by atoms with Gasteiger partial charge in [-0.2, -0.15) is 0 Å². The van der Waals surface area contributed by atoms with Crippen molar-refractivity contribution in [1.82, 2.24) is 0 Å². The van der Waals surface area contributed by atoms with Gasteiger partial charge in [-0.15, -0.1) is 0 Å². The molecule has 0 unspecified atom stereocenters. The molecule has 4 aromatic carbocycles. The maximum atomic E-state index is 2.30. The fourth-order valence-corrected chi connectivity index (χ4v) is 9.44. The lowest BCUT2D eigenvalue weighted by molar-refractivity contribution is 0.962. The highest BCUT2D eigenvalue weighted by Crippen LogP contribution is 2.39. The summed E-state index contributed by atoms with van der Waals surface area (Å²) in [6, 6.07) is 44.3. The Kier molecular flexibility index (Phi) is 11.9. The molecule has 0 bridgehead atoms. The Morgan fingerprint density at radius 1 is 0.351 bits per heavy atom. The lowest BCUT2D eigenvalue weighted by atomic mass is 10.1. The number of rotatable bonds is 8. The molecule has 2 heteroatoms. The fraction of sp³-hybridized carbons (Fsp3) is 0.200. The van der Waals surface area contributed by atoms with Gasteiger partial charge in [-0.3, -0.25) is 0 Å². The molecular formula is C35H38P2. The standard InChI is InChI=1S/C27H26P2.C8H12/c1-5-14-24(15-6-1)28(25-16-7-2-8-17-25)22-13-23-29(26-18-9-3-10-19-26)27-20-11-4-12-21-27;1-2-4-6-8-7-5-3-1/h1-12,14-21H,13,22-23H2;1-2,7-8H,3-6H2. The Morgan fingerprint density at radius 3 is 0.838 bits per heavy atom. The van der Waals surface area contributed by atoms with Crippen molar-refractivity contribution in [2.24, 2.45) is 0 Å². The van der Waals surface area contributed by atoms with Crippen molar-refractivity contribution in [3.05, 3.63) is 146 Å². The molecule has 0 N–H and O–H groups in total. The van der Waals surface area contributed by atoms with Gasteiger partial charge >= 0.3 is 0 Å². The van der Waals surface area contributed by atoms with Crippen LogP contribution < -0.4 is 21.2 Å². The molecule has 0 spiro atoms. The second kappa shape index (κ2) is 16.1. The zero-order valence-corrected chi connectivity index (χ0v) is 23.5. The first-order valence-corrected chi connectivity index (χ1v) is 16.5. The van der Waals surface area contributed by atoms with Crippen LogP contribution in [-0.4, -0.2) is 12.3 Å². The fourth-order valence-electron chi connectivity index (χ4n) is 4.49. The second-order valence-electron chi connectivity index (χ2n) is 9.10. The van der Waals surface area contributed by atoms with Gasteiger partial charge in [0.1, 0.15) is 0 Å². The van der Waals surface area contributed by atoms with E-state index in [9.17, 15) is 0 Å². The van der Waals surface area contributed by atoms with Gasteiger partial charge in [0.15, 0.2) is 0 Å². The van der Waals surface area contributed by atoms with Crippen molar-refractivity contribution >= 4 is 37.1 Å². The highest BCUT2D eigenvalue weighted by molar-refractivity contribution is 7.74. The Labute approximate surface area is 226 Å². The van der Waals surface area contributed by atoms with Gasteiger partial charge in [-0.25, -0.2) is 0 Å². The van der Waals surface area contributed by atoms with Gasteiger partial charge in [0.25, 0.3) is 0 Å². The third kappa shape index (κ3) is 9.23. The minimum atomic E-state index is -0.309. The van der Waals surface area contributed by atoms with Gasteiger partial charge < -0.3 is 0 Å². The van der Waals surface area contributed by atoms with Gasteiger partial charge in [-0.05, 0) is 81.5 Å². The topological polar surface area (TPSA) is 0 Å². The summed E-state index contributed by atoms with van der Waals surface area (Å²) in [4.78, 5) is 0. The third-order valence-electron chi connectivity index (χ3n) is 6.37. The molecule has 1 aliphatic rings. The van der Waals surface area contributed by atoms with E-state index in [2.05, 4.69) is 146 Å². The summed E-state index contributed by atoms with van der Waals surface area (Å²) in [5.74, 6) is 0. The lowest BCUT2D eigenvalue weighted by Gasteiger charge is -2.22. The molecule has 37 heavy (non-hydrogen) atoms. The molecule has 0 heterocycles. The Bertz CT molecular complexity index is 997. The molecular weight excluding hydrogens is 482 g/mol. The minimum Gasteiger partial charge on any atom is -0.0882 e. The molecule has 188 valence electrons. The summed E-state index contributed by atoms with van der Waals surface area (Å²) in [7, 11) is -0.618. The molecule has 0 nitrogen and oxygen atoms in total. The second-order valence-corrected chi connectivity index (χ2v) is 13.8. The van der Waals surface area contributed by atoms with Crippen LogP contribution in [0.2, 0.25) is 0 Å². The molecule has 0 aromatic heterocycles. The molecule has 0 aliphatic heterocycles. The Hall–Kier alpha value is -2.78. The van der Waals surface area contributed by atoms with E-state index >= 15 is 0 Å². The first-order chi connectivity index (χ1) is 18.4. The molecule has 0 saturated heterocycles. The van der Waals surface area contributed by atoms with E-state index < -0.39 is 0 Å². The molecule has 0 amide bonds. The minimum absolute atomic E-state index is 0.309. The van der Waals surface area contributed by atoms with Gasteiger partial charge in [-0.1, -0.05) is 146 Å². The van der Waals surface area contributed by atoms with Crippen LogP contribution in [0.5, 0.6) is 0 Å². The molecule has 1 aliphatic carbocycles. The maximum absolute atomic E-state index is 2.30. The van der Waals surface area contributed by atoms with Crippen LogP contribution in [0, 0.1) is 0 Å². The largest absolute Gasteiger partial charge is 0.0882 e. The van der Waals surface area contributed by atoms with E-state index in [4.69, 9.17) is 0 Å². The first kappa shape index (κ1) is 27.3. The number of hydrogen-bond acceptors (Lipinski definition) is 0. The van der Waals surface area contributed by atoms with Crippen molar-refractivity contribution in [2.75, 3.05) is 12.3 Å². The van der Waals surface area contributed by atoms with Crippen LogP contribution in [0.4, 0.5) is 0 Å². The predicted molar refractivity (Wildman–Crippen MR) is 169 cm³/mol. The Balaban J connectivity index is 0.000000342. The molecule has 0 saturated carbocycles. The smallest absolute Gasteiger partial charge is 0.0195 e. The summed E-state index contributed by atoms with van der Waals surface area (Å²) in [5.41, 5.74) is 0. The van der Waals surface area contributed by atoms with Crippen LogP contribution in [0.1, 0.15) is 32.1 Å². The summed E-state index contributed by atoms with van der Waals surface area (Å²) in [6.07, 6.45) is 17.7. The van der Waals surface area contributed by atoms with Gasteiger partial charge in [0.2, 0.25) is 0 Å². The predicted octanol–water partition coefficient (Wildman–Crippen LogP) is 8.32. The summed E-state index contributed by atoms with van der Waals surface area (Å²) in [6.45, 7) is 0. The average Bonchev–Trinajstić information content (AvgIpc) is 2.95. The Morgan fingerprint density at radius 2 is 0.595 bits per heavy atom. The summed E-state index contributed by atoms with van der Waals surface area (Å²) >= 11 is 0. The molecule has 0 atom stereocenters. The molecule has 4 aromatic rings. The number of hydrogen-bond donors (Lipinski definition) is 0. The van der Waals surface area contributed by atoms with E-state index in [1.54, 1.807) is 0 Å². The van der Waals surface area contributed by atoms with Crippen molar-refractivity contribution in [3.8, 4) is 0 Å². The summed E-state index contributed by atoms with van der Waals surface area (Å²) < 4.78 is 0. The van der Waals surface area contributed by atoms with Crippen molar-refractivity contribution in [2.45, 2.75) is 32.1 Å². The van der Waals surface area contributed by atoms with E-state index in [-0.39, 0.29) is 15.8 Å². The normalized spacial score (nSPS) is 13.0. The molecule has 0 fully saturated rings. The zero-order chi connectivity index (χ0) is 25.4. The van der Waals surface area contributed by atoms with Crippen molar-refractivity contribution in [3.63, 3.8) is 0 Å². The number of allylic oxidation sites excluding steroid dienone is 4. The zero-order valence-electron chi connectivity index (χ0n) is 21.7. The lowest BCUT2D eigenvalue weighted by Crippen LogP contribution is -2.17. The van der Waals surface area contributed by atoms with Crippen molar-refractivity contribution in [1.29, 1.82) is 0 Å². The van der Waals surface area contributed by atoms with Gasteiger partial charge in [0.05, 0.1) is 0 Å². The van der Waals surface area contributed by atoms with Crippen LogP contribution in [0.15, 0.2) is 146 Å². The molecule has 5 rings (SSSR count). The quantitative estimate of drug-likeness (QED) is 0.162. The van der Waals surface area contributed by atoms with Crippen LogP contribution in [0.25, 0.3) is 0 Å². The SMILES string of the molecule is C1=CCCC=CCC1.c1ccc(P(CCCP(c2ccccc2)c2ccccc2)c2ccccc2)cc1. The van der Waals surface area contributed by atoms with E-state index in [0.29, 0.717) is 0 Å². The van der Waals surface area contributed by atoms with Gasteiger partial charge in [0, 0.05) is 0 Å². The third-order valence-corrected chi connectivity index (χ3v) is 11.6. The van der Waals surface area contributed by atoms with Crippen molar-refractivity contribution < 1.29 is 0 Å². The maximum Gasteiger partial charge on any atom is -0.0195 e. The van der Waals surface area contributed by atoms with E-state index in [1.165, 1.54) is 65.6 Å². The van der Waals surface area contributed by atoms with E-state index in [1.807, 2.05) is 0 Å². The van der Waals surface area contributed by atoms with Crippen LogP contribution in [0.3, 0.4) is 0 Å². The highest BCUT2D eigenvalue weighted by Gasteiger charge is 2.17. The number of benzene rings is 4. The monoisotopic (exact) mass is 520 g/mol. The highest BCUT2D eigenvalue weighted by atomic mass is 31.1. The van der Waals surface area contributed by atoms with Crippen LogP contribution in [-0.2, 0) is 0 Å². The first-order valence-electron chi connectivity index (χ1n) is 13.5. The molecule has 0 radical (unpaired) electrons. The average molecular weight is 521 g/mol. The van der Waals surface area contributed by atoms with Crippen LogP contribution >= 0.6 is 15.8 Å². The summed E-state index contributed by atoms with van der Waals surface area (Å²) in [5, 5.41) is 5.94.